The van der Waals surface area contributed by atoms with Crippen LogP contribution in [0.5, 0.6) is 0 Å². The third-order valence-corrected chi connectivity index (χ3v) is 5.82. The summed E-state index contributed by atoms with van der Waals surface area (Å²) in [6.07, 6.45) is 16.9. The van der Waals surface area contributed by atoms with Crippen LogP contribution < -0.4 is 0 Å². The zero-order valence-corrected chi connectivity index (χ0v) is 20.7. The number of hydrogen-bond donors (Lipinski definition) is 1. The van der Waals surface area contributed by atoms with Crippen molar-refractivity contribution in [2.24, 2.45) is 5.92 Å². The minimum atomic E-state index is 0.0818. The minimum absolute atomic E-state index is 0.0818. The fourth-order valence-corrected chi connectivity index (χ4v) is 3.75. The number of hydrogen-bond acceptors (Lipinski definition) is 2. The van der Waals surface area contributed by atoms with Crippen molar-refractivity contribution in [1.82, 2.24) is 0 Å². The maximum absolute atomic E-state index is 5.73. The standard InChI is InChI=1S/C27H48OS/c1-24(2)15-10-7-5-6-8-11-16-25-18-14-19-26(23-25)17-12-9-13-21-28-22-20-27(3,4)29/h14,18-19,23-24,29H,5-13,15-17,20-22H2,1-4H3. The molecule has 1 aromatic rings. The Hall–Kier alpha value is -0.470. The van der Waals surface area contributed by atoms with Crippen molar-refractivity contribution in [3.8, 4) is 0 Å². The summed E-state index contributed by atoms with van der Waals surface area (Å²) in [6.45, 7) is 10.7. The number of benzene rings is 1. The summed E-state index contributed by atoms with van der Waals surface area (Å²) in [6, 6.07) is 9.29. The molecule has 0 saturated carbocycles. The molecule has 0 saturated heterocycles. The molecule has 2 heteroatoms. The van der Waals surface area contributed by atoms with Gasteiger partial charge in [0.15, 0.2) is 0 Å². The Kier molecular flexibility index (Phi) is 14.9. The van der Waals surface area contributed by atoms with Gasteiger partial charge in [-0.05, 0) is 55.6 Å². The van der Waals surface area contributed by atoms with E-state index in [4.69, 9.17) is 4.74 Å². The quantitative estimate of drug-likeness (QED) is 0.185. The van der Waals surface area contributed by atoms with Gasteiger partial charge in [0.05, 0.1) is 0 Å². The Morgan fingerprint density at radius 2 is 1.34 bits per heavy atom. The van der Waals surface area contributed by atoms with Crippen molar-refractivity contribution in [2.75, 3.05) is 13.2 Å². The van der Waals surface area contributed by atoms with Crippen molar-refractivity contribution in [3.63, 3.8) is 0 Å². The van der Waals surface area contributed by atoms with Gasteiger partial charge in [0.1, 0.15) is 0 Å². The molecule has 0 aromatic heterocycles. The van der Waals surface area contributed by atoms with E-state index in [9.17, 15) is 0 Å². The highest BCUT2D eigenvalue weighted by molar-refractivity contribution is 7.81. The van der Waals surface area contributed by atoms with Crippen molar-refractivity contribution in [2.45, 2.75) is 116 Å². The lowest BCUT2D eigenvalue weighted by Crippen LogP contribution is -2.14. The number of rotatable bonds is 18. The predicted octanol–water partition coefficient (Wildman–Crippen LogP) is 8.44. The van der Waals surface area contributed by atoms with Crippen LogP contribution in [0.25, 0.3) is 0 Å². The van der Waals surface area contributed by atoms with Gasteiger partial charge in [0.25, 0.3) is 0 Å². The van der Waals surface area contributed by atoms with Gasteiger partial charge >= 0.3 is 0 Å². The molecule has 1 aromatic carbocycles. The van der Waals surface area contributed by atoms with E-state index in [0.29, 0.717) is 0 Å². The van der Waals surface area contributed by atoms with E-state index in [2.05, 4.69) is 64.6 Å². The third kappa shape index (κ3) is 17.0. The molecule has 1 rings (SSSR count). The molecule has 0 aliphatic carbocycles. The molecule has 0 fully saturated rings. The van der Waals surface area contributed by atoms with Crippen LogP contribution in [0.2, 0.25) is 0 Å². The van der Waals surface area contributed by atoms with E-state index in [-0.39, 0.29) is 4.75 Å². The van der Waals surface area contributed by atoms with Gasteiger partial charge in [-0.1, -0.05) is 96.9 Å². The molecular weight excluding hydrogens is 372 g/mol. The van der Waals surface area contributed by atoms with E-state index in [0.717, 1.165) is 25.6 Å². The summed E-state index contributed by atoms with van der Waals surface area (Å²) in [5, 5.41) is 0. The minimum Gasteiger partial charge on any atom is -0.381 e. The Labute approximate surface area is 187 Å². The molecule has 0 heterocycles. The second-order valence-corrected chi connectivity index (χ2v) is 11.1. The molecule has 0 N–H and O–H groups in total. The van der Waals surface area contributed by atoms with Gasteiger partial charge in [-0.25, -0.2) is 0 Å². The van der Waals surface area contributed by atoms with Gasteiger partial charge in [-0.2, -0.15) is 12.6 Å². The van der Waals surface area contributed by atoms with E-state index in [1.165, 1.54) is 88.2 Å². The fourth-order valence-electron chi connectivity index (χ4n) is 3.66. The summed E-state index contributed by atoms with van der Waals surface area (Å²) in [4.78, 5) is 0. The smallest absolute Gasteiger partial charge is 0.0478 e. The molecule has 168 valence electrons. The van der Waals surface area contributed by atoms with Crippen molar-refractivity contribution in [1.29, 1.82) is 0 Å². The van der Waals surface area contributed by atoms with E-state index in [1.54, 1.807) is 0 Å². The van der Waals surface area contributed by atoms with Gasteiger partial charge in [-0.3, -0.25) is 0 Å². The topological polar surface area (TPSA) is 9.23 Å². The first-order chi connectivity index (χ1) is 13.9. The SMILES string of the molecule is CC(C)CCCCCCCCc1cccc(CCCCCOCCC(C)(C)S)c1. The highest BCUT2D eigenvalue weighted by atomic mass is 32.1. The second-order valence-electron chi connectivity index (χ2n) is 9.86. The molecule has 0 radical (unpaired) electrons. The number of thiol groups is 1. The zero-order chi connectivity index (χ0) is 21.4. The number of unbranched alkanes of at least 4 members (excludes halogenated alkanes) is 7. The van der Waals surface area contributed by atoms with Gasteiger partial charge < -0.3 is 4.74 Å². The molecule has 0 aliphatic heterocycles. The van der Waals surface area contributed by atoms with Gasteiger partial charge in [0, 0.05) is 18.0 Å². The summed E-state index contributed by atoms with van der Waals surface area (Å²) < 4.78 is 5.81. The van der Waals surface area contributed by atoms with E-state index < -0.39 is 0 Å². The molecule has 29 heavy (non-hydrogen) atoms. The predicted molar refractivity (Wildman–Crippen MR) is 133 cm³/mol. The summed E-state index contributed by atoms with van der Waals surface area (Å²) in [5.41, 5.74) is 3.04. The van der Waals surface area contributed by atoms with E-state index >= 15 is 0 Å². The average molecular weight is 421 g/mol. The Balaban J connectivity index is 2.03. The second kappa shape index (κ2) is 16.3. The summed E-state index contributed by atoms with van der Waals surface area (Å²) in [5.74, 6) is 0.867. The van der Waals surface area contributed by atoms with Crippen LogP contribution in [0.3, 0.4) is 0 Å². The Morgan fingerprint density at radius 1 is 0.793 bits per heavy atom. The lowest BCUT2D eigenvalue weighted by molar-refractivity contribution is 0.123. The fraction of sp³-hybridized carbons (Fsp3) is 0.778. The normalized spacial score (nSPS) is 12.1. The van der Waals surface area contributed by atoms with Crippen molar-refractivity contribution < 1.29 is 4.74 Å². The Morgan fingerprint density at radius 3 is 1.93 bits per heavy atom. The van der Waals surface area contributed by atoms with Crippen LogP contribution in [0, 0.1) is 5.92 Å². The maximum atomic E-state index is 5.73. The number of ether oxygens (including phenoxy) is 1. The number of aryl methyl sites for hydroxylation is 2. The Bertz CT molecular complexity index is 504. The molecule has 0 atom stereocenters. The summed E-state index contributed by atoms with van der Waals surface area (Å²) >= 11 is 4.53. The first-order valence-electron chi connectivity index (χ1n) is 12.2. The largest absolute Gasteiger partial charge is 0.381 e. The molecule has 0 unspecified atom stereocenters. The van der Waals surface area contributed by atoms with Crippen LogP contribution in [-0.2, 0) is 17.6 Å². The van der Waals surface area contributed by atoms with Gasteiger partial charge in [-0.15, -0.1) is 0 Å². The zero-order valence-electron chi connectivity index (χ0n) is 19.8. The molecule has 0 aliphatic rings. The maximum Gasteiger partial charge on any atom is 0.0478 e. The molecule has 0 amide bonds. The molecule has 0 spiro atoms. The molecular formula is C27H48OS. The van der Waals surface area contributed by atoms with Crippen LogP contribution in [0.15, 0.2) is 24.3 Å². The summed E-state index contributed by atoms with van der Waals surface area (Å²) in [7, 11) is 0. The lowest BCUT2D eigenvalue weighted by Gasteiger charge is -2.16. The third-order valence-electron chi connectivity index (χ3n) is 5.60. The highest BCUT2D eigenvalue weighted by Gasteiger charge is 2.10. The van der Waals surface area contributed by atoms with Crippen molar-refractivity contribution in [3.05, 3.63) is 35.4 Å². The van der Waals surface area contributed by atoms with Crippen LogP contribution >= 0.6 is 12.6 Å². The first-order valence-corrected chi connectivity index (χ1v) is 12.7. The highest BCUT2D eigenvalue weighted by Crippen LogP contribution is 2.17. The lowest BCUT2D eigenvalue weighted by atomic mass is 10.00. The van der Waals surface area contributed by atoms with Crippen LogP contribution in [0.4, 0.5) is 0 Å². The van der Waals surface area contributed by atoms with E-state index in [1.807, 2.05) is 0 Å². The van der Waals surface area contributed by atoms with Crippen molar-refractivity contribution >= 4 is 12.6 Å². The average Bonchev–Trinajstić information content (AvgIpc) is 2.65. The van der Waals surface area contributed by atoms with Gasteiger partial charge in [0.2, 0.25) is 0 Å². The monoisotopic (exact) mass is 420 g/mol. The molecule has 1 nitrogen and oxygen atoms in total. The van der Waals surface area contributed by atoms with Crippen LogP contribution in [-0.4, -0.2) is 18.0 Å². The molecule has 0 bridgehead atoms. The first kappa shape index (κ1) is 26.6. The van der Waals surface area contributed by atoms with Crippen LogP contribution in [0.1, 0.15) is 109 Å².